The largest absolute Gasteiger partial charge is 0.479 e. The number of anilines is 2. The van der Waals surface area contributed by atoms with Crippen LogP contribution in [0.4, 0.5) is 11.4 Å². The van der Waals surface area contributed by atoms with Gasteiger partial charge < -0.3 is 20.7 Å². The minimum absolute atomic E-state index is 0.0839. The lowest BCUT2D eigenvalue weighted by atomic mass is 10.0. The molecule has 1 heterocycles. The molecule has 2 aromatic rings. The second-order valence-corrected chi connectivity index (χ2v) is 6.38. The topological polar surface area (TPSA) is 96.5 Å². The van der Waals surface area contributed by atoms with Crippen molar-refractivity contribution in [2.75, 3.05) is 10.6 Å². The minimum atomic E-state index is -0.553. The van der Waals surface area contributed by atoms with E-state index in [9.17, 15) is 14.4 Å². The van der Waals surface area contributed by atoms with Gasteiger partial charge in [0.25, 0.3) is 5.91 Å². The molecule has 0 aliphatic carbocycles. The van der Waals surface area contributed by atoms with E-state index in [1.807, 2.05) is 30.3 Å². The van der Waals surface area contributed by atoms with E-state index in [1.165, 1.54) is 6.92 Å². The summed E-state index contributed by atoms with van der Waals surface area (Å²) >= 11 is 0. The summed E-state index contributed by atoms with van der Waals surface area (Å²) in [7, 11) is 0. The van der Waals surface area contributed by atoms with Crippen LogP contribution in [0.1, 0.15) is 31.9 Å². The number of carbonyl (C=O) groups is 3. The summed E-state index contributed by atoms with van der Waals surface area (Å²) < 4.78 is 5.50. The molecule has 3 N–H and O–H groups in total. The van der Waals surface area contributed by atoms with Crippen LogP contribution in [-0.4, -0.2) is 23.8 Å². The molecular formula is C20H21N3O4. The maximum Gasteiger partial charge on any atom is 0.265 e. The minimum Gasteiger partial charge on any atom is -0.479 e. The van der Waals surface area contributed by atoms with Crippen molar-refractivity contribution in [3.8, 4) is 5.75 Å². The quantitative estimate of drug-likeness (QED) is 0.757. The number of nitrogens with one attached hydrogen (secondary N) is 3. The van der Waals surface area contributed by atoms with E-state index in [2.05, 4.69) is 16.0 Å². The SMILES string of the molecule is CC(=O)N[C@H](CC(=O)Nc1ccc2c(c1)NC(=O)[C@H](C)O2)c1ccccc1. The molecule has 140 valence electrons. The van der Waals surface area contributed by atoms with Crippen molar-refractivity contribution in [1.82, 2.24) is 5.32 Å². The first-order valence-electron chi connectivity index (χ1n) is 8.66. The van der Waals surface area contributed by atoms with Crippen molar-refractivity contribution >= 4 is 29.1 Å². The van der Waals surface area contributed by atoms with Gasteiger partial charge in [-0.25, -0.2) is 0 Å². The van der Waals surface area contributed by atoms with Gasteiger partial charge in [0.15, 0.2) is 6.10 Å². The summed E-state index contributed by atoms with van der Waals surface area (Å²) in [6.45, 7) is 3.08. The zero-order chi connectivity index (χ0) is 19.4. The van der Waals surface area contributed by atoms with Crippen molar-refractivity contribution in [3.05, 3.63) is 54.1 Å². The van der Waals surface area contributed by atoms with E-state index in [-0.39, 0.29) is 24.1 Å². The highest BCUT2D eigenvalue weighted by Gasteiger charge is 2.24. The van der Waals surface area contributed by atoms with Crippen LogP contribution in [0.5, 0.6) is 5.75 Å². The molecule has 0 spiro atoms. The number of ether oxygens (including phenoxy) is 1. The molecule has 7 nitrogen and oxygen atoms in total. The molecule has 3 amide bonds. The third-order valence-electron chi connectivity index (χ3n) is 4.16. The molecule has 27 heavy (non-hydrogen) atoms. The highest BCUT2D eigenvalue weighted by Crippen LogP contribution is 2.32. The molecule has 0 saturated carbocycles. The van der Waals surface area contributed by atoms with Gasteiger partial charge in [0.05, 0.1) is 18.2 Å². The Morgan fingerprint density at radius 2 is 1.93 bits per heavy atom. The molecule has 0 bridgehead atoms. The van der Waals surface area contributed by atoms with Crippen molar-refractivity contribution < 1.29 is 19.1 Å². The molecule has 0 aromatic heterocycles. The molecule has 0 fully saturated rings. The molecule has 0 radical (unpaired) electrons. The van der Waals surface area contributed by atoms with Crippen molar-refractivity contribution in [3.63, 3.8) is 0 Å². The summed E-state index contributed by atoms with van der Waals surface area (Å²) in [4.78, 5) is 35.7. The van der Waals surface area contributed by atoms with E-state index in [1.54, 1.807) is 25.1 Å². The summed E-state index contributed by atoms with van der Waals surface area (Å²) in [6.07, 6.45) is -0.470. The van der Waals surface area contributed by atoms with Crippen LogP contribution < -0.4 is 20.7 Å². The van der Waals surface area contributed by atoms with Gasteiger partial charge in [0.2, 0.25) is 11.8 Å². The molecule has 0 saturated heterocycles. The van der Waals surface area contributed by atoms with Crippen LogP contribution in [0.15, 0.2) is 48.5 Å². The lowest BCUT2D eigenvalue weighted by molar-refractivity contribution is -0.123. The Morgan fingerprint density at radius 1 is 1.19 bits per heavy atom. The lowest BCUT2D eigenvalue weighted by Gasteiger charge is -2.24. The number of hydrogen-bond acceptors (Lipinski definition) is 4. The first kappa shape index (κ1) is 18.4. The van der Waals surface area contributed by atoms with Gasteiger partial charge >= 0.3 is 0 Å². The van der Waals surface area contributed by atoms with Crippen LogP contribution >= 0.6 is 0 Å². The predicted octanol–water partition coefficient (Wildman–Crippen LogP) is 2.61. The maximum atomic E-state index is 12.5. The van der Waals surface area contributed by atoms with Crippen LogP contribution in [0, 0.1) is 0 Å². The van der Waals surface area contributed by atoms with Crippen molar-refractivity contribution in [2.24, 2.45) is 0 Å². The highest BCUT2D eigenvalue weighted by atomic mass is 16.5. The first-order chi connectivity index (χ1) is 12.9. The Bertz CT molecular complexity index is 867. The van der Waals surface area contributed by atoms with Gasteiger partial charge in [-0.1, -0.05) is 30.3 Å². The smallest absolute Gasteiger partial charge is 0.265 e. The highest BCUT2D eigenvalue weighted by molar-refractivity contribution is 5.99. The fourth-order valence-electron chi connectivity index (χ4n) is 2.87. The Hall–Kier alpha value is -3.35. The second-order valence-electron chi connectivity index (χ2n) is 6.38. The average molecular weight is 367 g/mol. The van der Waals surface area contributed by atoms with Gasteiger partial charge in [0, 0.05) is 12.6 Å². The predicted molar refractivity (Wildman–Crippen MR) is 101 cm³/mol. The average Bonchev–Trinajstić information content (AvgIpc) is 2.63. The number of hydrogen-bond donors (Lipinski definition) is 3. The number of benzene rings is 2. The Balaban J connectivity index is 1.70. The van der Waals surface area contributed by atoms with Crippen LogP contribution in [0.2, 0.25) is 0 Å². The Morgan fingerprint density at radius 3 is 2.63 bits per heavy atom. The van der Waals surface area contributed by atoms with Crippen LogP contribution in [0.3, 0.4) is 0 Å². The third kappa shape index (κ3) is 4.63. The third-order valence-corrected chi connectivity index (χ3v) is 4.16. The number of amides is 3. The van der Waals surface area contributed by atoms with Crippen molar-refractivity contribution in [1.29, 1.82) is 0 Å². The second kappa shape index (κ2) is 7.90. The summed E-state index contributed by atoms with van der Waals surface area (Å²) in [5.74, 6) is -0.144. The van der Waals surface area contributed by atoms with E-state index in [4.69, 9.17) is 4.74 Å². The zero-order valence-corrected chi connectivity index (χ0v) is 15.1. The van der Waals surface area contributed by atoms with Crippen LogP contribution in [0.25, 0.3) is 0 Å². The number of fused-ring (bicyclic) bond motifs is 1. The number of rotatable bonds is 5. The molecule has 1 aliphatic rings. The summed E-state index contributed by atoms with van der Waals surface area (Å²) in [5.41, 5.74) is 1.90. The standard InChI is InChI=1S/C20H21N3O4/c1-12-20(26)23-17-10-15(8-9-18(17)27-12)22-19(25)11-16(21-13(2)24)14-6-4-3-5-7-14/h3-10,12,16H,11H2,1-2H3,(H,21,24)(H,22,25)(H,23,26)/t12-,16+/m0/s1. The van der Waals surface area contributed by atoms with E-state index in [0.29, 0.717) is 17.1 Å². The molecular weight excluding hydrogens is 346 g/mol. The van der Waals surface area contributed by atoms with Gasteiger partial charge in [0.1, 0.15) is 5.75 Å². The normalized spacial score (nSPS) is 16.4. The molecule has 0 unspecified atom stereocenters. The zero-order valence-electron chi connectivity index (χ0n) is 15.1. The van der Waals surface area contributed by atoms with E-state index < -0.39 is 12.1 Å². The fraction of sp³-hybridized carbons (Fsp3) is 0.250. The van der Waals surface area contributed by atoms with Crippen LogP contribution in [-0.2, 0) is 14.4 Å². The van der Waals surface area contributed by atoms with Gasteiger partial charge in [-0.15, -0.1) is 0 Å². The van der Waals surface area contributed by atoms with Gasteiger partial charge in [-0.05, 0) is 30.7 Å². The van der Waals surface area contributed by atoms with E-state index in [0.717, 1.165) is 5.56 Å². The van der Waals surface area contributed by atoms with Crippen molar-refractivity contribution in [2.45, 2.75) is 32.4 Å². The van der Waals surface area contributed by atoms with Gasteiger partial charge in [-0.2, -0.15) is 0 Å². The molecule has 2 atom stereocenters. The summed E-state index contributed by atoms with van der Waals surface area (Å²) in [5, 5.41) is 8.33. The Kier molecular flexibility index (Phi) is 5.40. The van der Waals surface area contributed by atoms with Gasteiger partial charge in [-0.3, -0.25) is 14.4 Å². The van der Waals surface area contributed by atoms with E-state index >= 15 is 0 Å². The molecule has 7 heteroatoms. The fourth-order valence-corrected chi connectivity index (χ4v) is 2.87. The Labute approximate surface area is 157 Å². The maximum absolute atomic E-state index is 12.5. The molecule has 2 aromatic carbocycles. The molecule has 3 rings (SSSR count). The first-order valence-corrected chi connectivity index (χ1v) is 8.66. The lowest BCUT2D eigenvalue weighted by Crippen LogP contribution is -2.34. The molecule has 1 aliphatic heterocycles. The monoisotopic (exact) mass is 367 g/mol. The summed E-state index contributed by atoms with van der Waals surface area (Å²) in [6, 6.07) is 13.9. The number of carbonyl (C=O) groups excluding carboxylic acids is 3.